The lowest BCUT2D eigenvalue weighted by Crippen LogP contribution is -2.26. The molecule has 0 saturated carbocycles. The molecule has 0 aromatic heterocycles. The molecule has 2 unspecified atom stereocenters. The van der Waals surface area contributed by atoms with Crippen LogP contribution in [0.15, 0.2) is 18.2 Å². The zero-order valence-corrected chi connectivity index (χ0v) is 10.7. The van der Waals surface area contributed by atoms with E-state index in [1.54, 1.807) is 13.8 Å². The molecule has 0 saturated heterocycles. The molecular weight excluding hydrogens is 232 g/mol. The lowest BCUT2D eigenvalue weighted by molar-refractivity contribution is -0.150. The van der Waals surface area contributed by atoms with E-state index in [1.165, 1.54) is 0 Å². The van der Waals surface area contributed by atoms with Gasteiger partial charge in [0.1, 0.15) is 5.75 Å². The number of hydrogen-bond acceptors (Lipinski definition) is 4. The molecule has 4 nitrogen and oxygen atoms in total. The molecule has 4 heteroatoms. The van der Waals surface area contributed by atoms with E-state index in [4.69, 9.17) is 9.47 Å². The molecular formula is C14H18O4. The summed E-state index contributed by atoms with van der Waals surface area (Å²) < 4.78 is 10.5. The summed E-state index contributed by atoms with van der Waals surface area (Å²) in [7, 11) is 0. The Morgan fingerprint density at radius 3 is 3.06 bits per heavy atom. The predicted molar refractivity (Wildman–Crippen MR) is 66.4 cm³/mol. The van der Waals surface area contributed by atoms with Gasteiger partial charge in [-0.25, -0.2) is 4.79 Å². The van der Waals surface area contributed by atoms with E-state index in [1.807, 2.05) is 18.2 Å². The van der Waals surface area contributed by atoms with Crippen molar-refractivity contribution in [1.82, 2.24) is 0 Å². The summed E-state index contributed by atoms with van der Waals surface area (Å²) in [6, 6.07) is 5.56. The molecule has 2 atom stereocenters. The molecule has 0 spiro atoms. The van der Waals surface area contributed by atoms with Crippen LogP contribution in [0.2, 0.25) is 0 Å². The number of ether oxygens (including phenoxy) is 2. The molecule has 1 aromatic carbocycles. The Morgan fingerprint density at radius 2 is 2.33 bits per heavy atom. The smallest absolute Gasteiger partial charge is 0.347 e. The second kappa shape index (κ2) is 5.40. The molecule has 18 heavy (non-hydrogen) atoms. The van der Waals surface area contributed by atoms with Gasteiger partial charge >= 0.3 is 5.97 Å². The Hall–Kier alpha value is -1.55. The van der Waals surface area contributed by atoms with Crippen LogP contribution in [0.5, 0.6) is 5.75 Å². The van der Waals surface area contributed by atoms with Crippen molar-refractivity contribution in [2.75, 3.05) is 6.61 Å². The van der Waals surface area contributed by atoms with E-state index in [0.29, 0.717) is 18.8 Å². The molecule has 0 aliphatic heterocycles. The fraction of sp³-hybridized carbons (Fsp3) is 0.500. The van der Waals surface area contributed by atoms with Gasteiger partial charge in [-0.05, 0) is 38.3 Å². The van der Waals surface area contributed by atoms with Crippen LogP contribution in [0.4, 0.5) is 0 Å². The van der Waals surface area contributed by atoms with E-state index >= 15 is 0 Å². The Kier molecular flexibility index (Phi) is 3.87. The van der Waals surface area contributed by atoms with Crippen molar-refractivity contribution in [2.24, 2.45) is 0 Å². The summed E-state index contributed by atoms with van der Waals surface area (Å²) in [4.78, 5) is 11.5. The molecule has 1 aliphatic rings. The molecule has 98 valence electrons. The first-order valence-electron chi connectivity index (χ1n) is 6.26. The van der Waals surface area contributed by atoms with Crippen LogP contribution in [0.3, 0.4) is 0 Å². The fourth-order valence-electron chi connectivity index (χ4n) is 2.21. The first-order chi connectivity index (χ1) is 8.63. The van der Waals surface area contributed by atoms with Gasteiger partial charge in [-0.2, -0.15) is 0 Å². The number of hydrogen-bond donors (Lipinski definition) is 1. The summed E-state index contributed by atoms with van der Waals surface area (Å²) in [6.45, 7) is 3.78. The maximum Gasteiger partial charge on any atom is 0.347 e. The van der Waals surface area contributed by atoms with Crippen LogP contribution in [0, 0.1) is 0 Å². The van der Waals surface area contributed by atoms with Gasteiger partial charge in [0.15, 0.2) is 6.10 Å². The largest absolute Gasteiger partial charge is 0.479 e. The molecule has 0 radical (unpaired) electrons. The lowest BCUT2D eigenvalue weighted by atomic mass is 10.1. The van der Waals surface area contributed by atoms with Crippen LogP contribution in [0.25, 0.3) is 0 Å². The number of fused-ring (bicyclic) bond motifs is 1. The van der Waals surface area contributed by atoms with Crippen molar-refractivity contribution in [3.8, 4) is 5.75 Å². The molecule has 1 aromatic rings. The maximum atomic E-state index is 11.5. The minimum atomic E-state index is -0.630. The van der Waals surface area contributed by atoms with Gasteiger partial charge in [0.05, 0.1) is 12.7 Å². The maximum absolute atomic E-state index is 11.5. The number of rotatable bonds is 4. The van der Waals surface area contributed by atoms with Crippen LogP contribution in [0.1, 0.15) is 37.5 Å². The summed E-state index contributed by atoms with van der Waals surface area (Å²) in [5.74, 6) is 0.304. The number of aliphatic hydroxyl groups is 1. The minimum absolute atomic E-state index is 0.345. The van der Waals surface area contributed by atoms with E-state index in [0.717, 1.165) is 17.5 Å². The monoisotopic (exact) mass is 250 g/mol. The molecule has 0 fully saturated rings. The van der Waals surface area contributed by atoms with Gasteiger partial charge in [-0.3, -0.25) is 0 Å². The highest BCUT2D eigenvalue weighted by molar-refractivity contribution is 5.74. The third-order valence-corrected chi connectivity index (χ3v) is 3.12. The normalized spacial score (nSPS) is 19.2. The van der Waals surface area contributed by atoms with Crippen LogP contribution < -0.4 is 4.74 Å². The number of aliphatic hydroxyl groups excluding tert-OH is 1. The fourth-order valence-corrected chi connectivity index (χ4v) is 2.21. The average molecular weight is 250 g/mol. The van der Waals surface area contributed by atoms with Crippen molar-refractivity contribution in [2.45, 2.75) is 38.9 Å². The predicted octanol–water partition coefficient (Wildman–Crippen LogP) is 2.00. The Bertz CT molecular complexity index is 441. The van der Waals surface area contributed by atoms with Crippen LogP contribution in [-0.4, -0.2) is 23.8 Å². The number of carbonyl (C=O) groups is 1. The molecule has 2 rings (SSSR count). The van der Waals surface area contributed by atoms with Crippen LogP contribution in [-0.2, 0) is 16.0 Å². The highest BCUT2D eigenvalue weighted by Crippen LogP contribution is 2.37. The zero-order valence-electron chi connectivity index (χ0n) is 10.7. The van der Waals surface area contributed by atoms with E-state index in [2.05, 4.69) is 0 Å². The first kappa shape index (κ1) is 12.9. The number of benzene rings is 1. The highest BCUT2D eigenvalue weighted by Gasteiger charge is 2.25. The Morgan fingerprint density at radius 1 is 1.56 bits per heavy atom. The molecule has 0 amide bonds. The number of carbonyl (C=O) groups excluding carboxylic acids is 1. The van der Waals surface area contributed by atoms with Crippen molar-refractivity contribution in [1.29, 1.82) is 0 Å². The van der Waals surface area contributed by atoms with E-state index in [-0.39, 0.29) is 5.97 Å². The third kappa shape index (κ3) is 2.48. The number of esters is 1. The van der Waals surface area contributed by atoms with Gasteiger partial charge in [-0.15, -0.1) is 0 Å². The molecule has 0 heterocycles. The van der Waals surface area contributed by atoms with Gasteiger partial charge in [0.25, 0.3) is 0 Å². The standard InChI is InChI=1S/C14H18O4/c1-3-17-14(16)9(2)18-13-6-4-5-10-11(13)7-8-12(10)15/h4-6,9,12,15H,3,7-8H2,1-2H3. The van der Waals surface area contributed by atoms with E-state index < -0.39 is 12.2 Å². The Labute approximate surface area is 107 Å². The molecule has 1 N–H and O–H groups in total. The minimum Gasteiger partial charge on any atom is -0.479 e. The second-order valence-corrected chi connectivity index (χ2v) is 4.39. The van der Waals surface area contributed by atoms with Gasteiger partial charge in [0.2, 0.25) is 0 Å². The second-order valence-electron chi connectivity index (χ2n) is 4.39. The van der Waals surface area contributed by atoms with Crippen molar-refractivity contribution in [3.05, 3.63) is 29.3 Å². The van der Waals surface area contributed by atoms with Crippen LogP contribution >= 0.6 is 0 Å². The first-order valence-corrected chi connectivity index (χ1v) is 6.26. The molecule has 0 bridgehead atoms. The van der Waals surface area contributed by atoms with Gasteiger partial charge in [0, 0.05) is 5.56 Å². The highest BCUT2D eigenvalue weighted by atomic mass is 16.6. The summed E-state index contributed by atoms with van der Waals surface area (Å²) in [5, 5.41) is 9.79. The summed E-state index contributed by atoms with van der Waals surface area (Å²) >= 11 is 0. The van der Waals surface area contributed by atoms with Gasteiger partial charge in [-0.1, -0.05) is 12.1 Å². The summed E-state index contributed by atoms with van der Waals surface area (Å²) in [5.41, 5.74) is 1.91. The Balaban J connectivity index is 2.13. The van der Waals surface area contributed by atoms with Crippen molar-refractivity contribution >= 4 is 5.97 Å². The topological polar surface area (TPSA) is 55.8 Å². The third-order valence-electron chi connectivity index (χ3n) is 3.12. The van der Waals surface area contributed by atoms with Crippen molar-refractivity contribution in [3.63, 3.8) is 0 Å². The average Bonchev–Trinajstić information content (AvgIpc) is 2.73. The zero-order chi connectivity index (χ0) is 13.1. The van der Waals surface area contributed by atoms with E-state index in [9.17, 15) is 9.90 Å². The molecule has 1 aliphatic carbocycles. The summed E-state index contributed by atoms with van der Waals surface area (Å²) in [6.07, 6.45) is 0.446. The SMILES string of the molecule is CCOC(=O)C(C)Oc1cccc2c1CCC2O. The van der Waals surface area contributed by atoms with Crippen molar-refractivity contribution < 1.29 is 19.4 Å². The lowest BCUT2D eigenvalue weighted by Gasteiger charge is -2.16. The quantitative estimate of drug-likeness (QED) is 0.830. The van der Waals surface area contributed by atoms with Gasteiger partial charge < -0.3 is 14.6 Å².